The molecule has 0 saturated carbocycles. The van der Waals surface area contributed by atoms with Gasteiger partial charge in [-0.15, -0.1) is 0 Å². The smallest absolute Gasteiger partial charge is 0.306 e. The predicted octanol–water partition coefficient (Wildman–Crippen LogP) is 5.12. The van der Waals surface area contributed by atoms with Crippen LogP contribution in [-0.2, 0) is 14.3 Å². The number of carbonyl (C=O) groups excluding carboxylic acids is 3. The Morgan fingerprint density at radius 1 is 0.742 bits per heavy atom. The fourth-order valence-corrected chi connectivity index (χ4v) is 3.24. The minimum atomic E-state index is -0.578. The maximum Gasteiger partial charge on any atom is 0.306 e. The van der Waals surface area contributed by atoms with E-state index in [0.29, 0.717) is 5.56 Å². The van der Waals surface area contributed by atoms with Crippen LogP contribution in [0.5, 0.6) is 0 Å². The number of Topliss-reactive ketones (excluding diaryl/α,β-unsaturated/α-hetero) is 1. The Bertz CT molecular complexity index is 1050. The molecule has 0 aromatic heterocycles. The van der Waals surface area contributed by atoms with Crippen LogP contribution >= 0.6 is 0 Å². The first-order valence-corrected chi connectivity index (χ1v) is 10.1. The van der Waals surface area contributed by atoms with Gasteiger partial charge in [0, 0.05) is 17.7 Å². The lowest BCUT2D eigenvalue weighted by molar-refractivity contribution is -0.147. The van der Waals surface area contributed by atoms with Crippen molar-refractivity contribution in [3.63, 3.8) is 0 Å². The Labute approximate surface area is 182 Å². The van der Waals surface area contributed by atoms with E-state index in [-0.39, 0.29) is 25.2 Å². The Hall–Kier alpha value is -3.73. The summed E-state index contributed by atoms with van der Waals surface area (Å²) < 4.78 is 5.02. The number of esters is 1. The fraction of sp³-hybridized carbons (Fsp3) is 0.192. The van der Waals surface area contributed by atoms with Crippen molar-refractivity contribution in [3.05, 3.63) is 89.5 Å². The second-order valence-corrected chi connectivity index (χ2v) is 7.34. The number of rotatable bonds is 8. The molecule has 0 saturated heterocycles. The summed E-state index contributed by atoms with van der Waals surface area (Å²) in [5.41, 5.74) is 5.22. The number of hydrogen-bond donors (Lipinski definition) is 1. The van der Waals surface area contributed by atoms with Crippen LogP contribution in [0.15, 0.2) is 72.8 Å². The van der Waals surface area contributed by atoms with Crippen LogP contribution in [0.3, 0.4) is 0 Å². The van der Waals surface area contributed by atoms with Gasteiger partial charge in [0.1, 0.15) is 0 Å². The van der Waals surface area contributed by atoms with Crippen LogP contribution in [0.2, 0.25) is 0 Å². The van der Waals surface area contributed by atoms with Gasteiger partial charge in [-0.3, -0.25) is 14.4 Å². The molecule has 1 amide bonds. The molecule has 0 atom stereocenters. The molecule has 1 N–H and O–H groups in total. The van der Waals surface area contributed by atoms with Crippen LogP contribution in [0.4, 0.5) is 5.69 Å². The zero-order valence-electron chi connectivity index (χ0n) is 17.7. The SMILES string of the molecule is Cc1cccc(C)c1NC(=O)COC(=O)CCC(=O)c1ccc(-c2ccccc2)cc1. The van der Waals surface area contributed by atoms with E-state index in [2.05, 4.69) is 5.32 Å². The van der Waals surface area contributed by atoms with Gasteiger partial charge in [0.25, 0.3) is 5.91 Å². The monoisotopic (exact) mass is 415 g/mol. The molecule has 3 rings (SSSR count). The number of nitrogens with one attached hydrogen (secondary N) is 1. The number of carbonyl (C=O) groups is 3. The fourth-order valence-electron chi connectivity index (χ4n) is 3.24. The summed E-state index contributed by atoms with van der Waals surface area (Å²) in [6.45, 7) is 3.41. The zero-order chi connectivity index (χ0) is 22.2. The number of benzene rings is 3. The van der Waals surface area contributed by atoms with Gasteiger partial charge in [-0.05, 0) is 36.1 Å². The molecule has 0 unspecified atom stereocenters. The van der Waals surface area contributed by atoms with Crippen LogP contribution in [0, 0.1) is 13.8 Å². The Morgan fingerprint density at radius 2 is 1.35 bits per heavy atom. The first-order chi connectivity index (χ1) is 14.9. The van der Waals surface area contributed by atoms with Gasteiger partial charge in [0.2, 0.25) is 0 Å². The second kappa shape index (κ2) is 10.3. The maximum absolute atomic E-state index is 12.4. The van der Waals surface area contributed by atoms with Crippen molar-refractivity contribution in [2.75, 3.05) is 11.9 Å². The van der Waals surface area contributed by atoms with E-state index in [9.17, 15) is 14.4 Å². The predicted molar refractivity (Wildman–Crippen MR) is 121 cm³/mol. The van der Waals surface area contributed by atoms with Crippen molar-refractivity contribution in [1.82, 2.24) is 0 Å². The summed E-state index contributed by atoms with van der Waals surface area (Å²) in [6, 6.07) is 22.9. The third kappa shape index (κ3) is 6.12. The van der Waals surface area contributed by atoms with Crippen molar-refractivity contribution < 1.29 is 19.1 Å². The first-order valence-electron chi connectivity index (χ1n) is 10.1. The first kappa shape index (κ1) is 22.0. The molecule has 0 spiro atoms. The molecule has 0 aliphatic rings. The molecule has 5 nitrogen and oxygen atoms in total. The topological polar surface area (TPSA) is 72.5 Å². The summed E-state index contributed by atoms with van der Waals surface area (Å²) >= 11 is 0. The summed E-state index contributed by atoms with van der Waals surface area (Å²) in [6.07, 6.45) is -0.0437. The number of aryl methyl sites for hydroxylation is 2. The summed E-state index contributed by atoms with van der Waals surface area (Å²) in [7, 11) is 0. The van der Waals surface area contributed by atoms with Crippen LogP contribution < -0.4 is 5.32 Å². The van der Waals surface area contributed by atoms with Gasteiger partial charge >= 0.3 is 5.97 Å². The lowest BCUT2D eigenvalue weighted by Gasteiger charge is -2.11. The lowest BCUT2D eigenvalue weighted by Crippen LogP contribution is -2.22. The highest BCUT2D eigenvalue weighted by molar-refractivity contribution is 5.98. The number of anilines is 1. The molecular weight excluding hydrogens is 390 g/mol. The molecule has 31 heavy (non-hydrogen) atoms. The normalized spacial score (nSPS) is 10.4. The van der Waals surface area contributed by atoms with Gasteiger partial charge in [0.15, 0.2) is 12.4 Å². The van der Waals surface area contributed by atoms with Crippen molar-refractivity contribution >= 4 is 23.3 Å². The number of hydrogen-bond acceptors (Lipinski definition) is 4. The average Bonchev–Trinajstić information content (AvgIpc) is 2.79. The van der Waals surface area contributed by atoms with E-state index in [1.54, 1.807) is 12.1 Å². The third-order valence-electron chi connectivity index (χ3n) is 4.98. The van der Waals surface area contributed by atoms with Crippen LogP contribution in [0.25, 0.3) is 11.1 Å². The molecule has 0 fully saturated rings. The molecule has 0 heterocycles. The van der Waals surface area contributed by atoms with Gasteiger partial charge < -0.3 is 10.1 Å². The maximum atomic E-state index is 12.4. The zero-order valence-corrected chi connectivity index (χ0v) is 17.7. The number of ketones is 1. The summed E-state index contributed by atoms with van der Waals surface area (Å²) in [4.78, 5) is 36.4. The molecule has 3 aromatic carbocycles. The molecular formula is C26H25NO4. The van der Waals surface area contributed by atoms with Gasteiger partial charge in [-0.25, -0.2) is 0 Å². The summed E-state index contributed by atoms with van der Waals surface area (Å²) in [5, 5.41) is 2.76. The molecule has 0 aliphatic heterocycles. The van der Waals surface area contributed by atoms with E-state index in [0.717, 1.165) is 27.9 Å². The number of ether oxygens (including phenoxy) is 1. The number of para-hydroxylation sites is 1. The van der Waals surface area contributed by atoms with E-state index in [4.69, 9.17) is 4.74 Å². The highest BCUT2D eigenvalue weighted by Crippen LogP contribution is 2.20. The Kier molecular flexibility index (Phi) is 7.33. The molecule has 0 bridgehead atoms. The van der Waals surface area contributed by atoms with Gasteiger partial charge in [-0.1, -0.05) is 72.8 Å². The van der Waals surface area contributed by atoms with Crippen molar-refractivity contribution in [2.45, 2.75) is 26.7 Å². The van der Waals surface area contributed by atoms with E-state index in [1.807, 2.05) is 74.5 Å². The van der Waals surface area contributed by atoms with Gasteiger partial charge in [0.05, 0.1) is 6.42 Å². The Morgan fingerprint density at radius 3 is 2.00 bits per heavy atom. The molecule has 5 heteroatoms. The van der Waals surface area contributed by atoms with Crippen LogP contribution in [-0.4, -0.2) is 24.3 Å². The molecule has 3 aromatic rings. The molecule has 0 aliphatic carbocycles. The van der Waals surface area contributed by atoms with Gasteiger partial charge in [-0.2, -0.15) is 0 Å². The third-order valence-corrected chi connectivity index (χ3v) is 4.98. The minimum absolute atomic E-state index is 0.0298. The van der Waals surface area contributed by atoms with Crippen LogP contribution in [0.1, 0.15) is 34.3 Å². The Balaban J connectivity index is 1.45. The lowest BCUT2D eigenvalue weighted by atomic mass is 10.0. The van der Waals surface area contributed by atoms with E-state index < -0.39 is 11.9 Å². The quantitative estimate of drug-likeness (QED) is 0.410. The average molecular weight is 415 g/mol. The van der Waals surface area contributed by atoms with E-state index in [1.165, 1.54) is 0 Å². The molecule has 0 radical (unpaired) electrons. The highest BCUT2D eigenvalue weighted by Gasteiger charge is 2.13. The number of amides is 1. The highest BCUT2D eigenvalue weighted by atomic mass is 16.5. The van der Waals surface area contributed by atoms with Crippen molar-refractivity contribution in [3.8, 4) is 11.1 Å². The summed E-state index contributed by atoms with van der Waals surface area (Å²) in [5.74, 6) is -1.13. The second-order valence-electron chi connectivity index (χ2n) is 7.34. The van der Waals surface area contributed by atoms with Crippen molar-refractivity contribution in [2.24, 2.45) is 0 Å². The molecule has 158 valence electrons. The van der Waals surface area contributed by atoms with Crippen molar-refractivity contribution in [1.29, 1.82) is 0 Å². The largest absolute Gasteiger partial charge is 0.456 e. The minimum Gasteiger partial charge on any atom is -0.456 e. The standard InChI is InChI=1S/C26H25NO4/c1-18-7-6-8-19(2)26(18)27-24(29)17-31-25(30)16-15-23(28)22-13-11-21(12-14-22)20-9-4-3-5-10-20/h3-14H,15-17H2,1-2H3,(H,27,29). The van der Waals surface area contributed by atoms with E-state index >= 15 is 0 Å².